The Kier molecular flexibility index (Phi) is 8.90. The van der Waals surface area contributed by atoms with Gasteiger partial charge >= 0.3 is 0 Å². The summed E-state index contributed by atoms with van der Waals surface area (Å²) in [5.74, 6) is 0.680. The lowest BCUT2D eigenvalue weighted by atomic mass is 10.1. The number of hydrogen-bond acceptors (Lipinski definition) is 5. The first-order valence-corrected chi connectivity index (χ1v) is 9.76. The first kappa shape index (κ1) is 23.0. The van der Waals surface area contributed by atoms with Gasteiger partial charge in [-0.1, -0.05) is 18.2 Å². The van der Waals surface area contributed by atoms with Crippen molar-refractivity contribution in [2.45, 2.75) is 6.92 Å². The quantitative estimate of drug-likeness (QED) is 0.588. The van der Waals surface area contributed by atoms with E-state index in [1.54, 1.807) is 49.6 Å². The molecule has 0 heterocycles. The van der Waals surface area contributed by atoms with Crippen molar-refractivity contribution < 1.29 is 19.1 Å². The van der Waals surface area contributed by atoms with Gasteiger partial charge in [-0.25, -0.2) is 0 Å². The van der Waals surface area contributed by atoms with Gasteiger partial charge in [0.25, 0.3) is 5.91 Å². The summed E-state index contributed by atoms with van der Waals surface area (Å²) < 4.78 is 10.8. The minimum absolute atomic E-state index is 0.229. The van der Waals surface area contributed by atoms with Gasteiger partial charge in [0.05, 0.1) is 25.0 Å². The van der Waals surface area contributed by atoms with E-state index in [0.29, 0.717) is 35.9 Å². The number of carbonyl (C=O) groups excluding carboxylic acids is 2. The highest BCUT2D eigenvalue weighted by Crippen LogP contribution is 2.28. The second-order valence-electron chi connectivity index (χ2n) is 6.77. The van der Waals surface area contributed by atoms with Gasteiger partial charge in [-0.05, 0) is 56.9 Å². The fourth-order valence-electron chi connectivity index (χ4n) is 2.69. The van der Waals surface area contributed by atoms with Crippen LogP contribution in [-0.4, -0.2) is 57.6 Å². The molecule has 0 aliphatic carbocycles. The van der Waals surface area contributed by atoms with E-state index in [-0.39, 0.29) is 11.8 Å². The first-order valence-electron chi connectivity index (χ1n) is 9.76. The van der Waals surface area contributed by atoms with E-state index in [2.05, 4.69) is 10.6 Å². The van der Waals surface area contributed by atoms with Crippen LogP contribution in [0.25, 0.3) is 6.08 Å². The Morgan fingerprint density at radius 1 is 1.10 bits per heavy atom. The Bertz CT molecular complexity index is 894. The SMILES string of the molecule is CCOc1ccc(C=CC(=O)Nc2ccccc2C(=O)NCCN(C)C)cc1OC. The molecule has 0 fully saturated rings. The Labute approximate surface area is 177 Å². The summed E-state index contributed by atoms with van der Waals surface area (Å²) in [6, 6.07) is 12.3. The van der Waals surface area contributed by atoms with Crippen molar-refractivity contribution in [3.63, 3.8) is 0 Å². The molecule has 0 radical (unpaired) electrons. The number of methoxy groups -OCH3 is 1. The van der Waals surface area contributed by atoms with Crippen molar-refractivity contribution in [2.75, 3.05) is 46.2 Å². The highest BCUT2D eigenvalue weighted by atomic mass is 16.5. The Hall–Kier alpha value is -3.32. The number of carbonyl (C=O) groups is 2. The van der Waals surface area contributed by atoms with E-state index in [9.17, 15) is 9.59 Å². The molecule has 7 nitrogen and oxygen atoms in total. The molecular formula is C23H29N3O4. The monoisotopic (exact) mass is 411 g/mol. The zero-order valence-electron chi connectivity index (χ0n) is 17.9. The van der Waals surface area contributed by atoms with Crippen molar-refractivity contribution in [3.8, 4) is 11.5 Å². The topological polar surface area (TPSA) is 79.9 Å². The molecule has 0 atom stereocenters. The van der Waals surface area contributed by atoms with Crippen LogP contribution in [0.1, 0.15) is 22.8 Å². The van der Waals surface area contributed by atoms with Crippen LogP contribution in [0.2, 0.25) is 0 Å². The smallest absolute Gasteiger partial charge is 0.253 e. The third-order valence-corrected chi connectivity index (χ3v) is 4.19. The fourth-order valence-corrected chi connectivity index (χ4v) is 2.69. The second-order valence-corrected chi connectivity index (χ2v) is 6.77. The molecule has 0 aliphatic heterocycles. The van der Waals surface area contributed by atoms with Crippen LogP contribution < -0.4 is 20.1 Å². The van der Waals surface area contributed by atoms with E-state index in [4.69, 9.17) is 9.47 Å². The first-order chi connectivity index (χ1) is 14.4. The number of anilines is 1. The molecule has 0 aromatic heterocycles. The highest BCUT2D eigenvalue weighted by molar-refractivity contribution is 6.07. The van der Waals surface area contributed by atoms with Crippen molar-refractivity contribution in [1.29, 1.82) is 0 Å². The number of para-hydroxylation sites is 1. The predicted molar refractivity (Wildman–Crippen MR) is 119 cm³/mol. The van der Waals surface area contributed by atoms with Gasteiger partial charge in [-0.3, -0.25) is 9.59 Å². The Morgan fingerprint density at radius 2 is 1.87 bits per heavy atom. The van der Waals surface area contributed by atoms with Crippen molar-refractivity contribution in [2.24, 2.45) is 0 Å². The lowest BCUT2D eigenvalue weighted by Crippen LogP contribution is -2.31. The van der Waals surface area contributed by atoms with Crippen LogP contribution in [-0.2, 0) is 4.79 Å². The third kappa shape index (κ3) is 6.93. The highest BCUT2D eigenvalue weighted by Gasteiger charge is 2.12. The van der Waals surface area contributed by atoms with Gasteiger partial charge in [-0.2, -0.15) is 0 Å². The summed E-state index contributed by atoms with van der Waals surface area (Å²) in [6.45, 7) is 3.69. The average Bonchev–Trinajstić information content (AvgIpc) is 2.73. The summed E-state index contributed by atoms with van der Waals surface area (Å²) in [4.78, 5) is 26.8. The molecular weight excluding hydrogens is 382 g/mol. The average molecular weight is 412 g/mol. The van der Waals surface area contributed by atoms with Gasteiger partial charge in [0.15, 0.2) is 11.5 Å². The van der Waals surface area contributed by atoms with Crippen LogP contribution in [0.15, 0.2) is 48.5 Å². The standard InChI is InChI=1S/C23H29N3O4/c1-5-30-20-12-10-17(16-21(20)29-4)11-13-22(27)25-19-9-7-6-8-18(19)23(28)24-14-15-26(2)3/h6-13,16H,5,14-15H2,1-4H3,(H,24,28)(H,25,27). The summed E-state index contributed by atoms with van der Waals surface area (Å²) in [6.07, 6.45) is 3.09. The van der Waals surface area contributed by atoms with Crippen LogP contribution in [0, 0.1) is 0 Å². The number of hydrogen-bond donors (Lipinski definition) is 2. The summed E-state index contributed by atoms with van der Waals surface area (Å²) >= 11 is 0. The minimum Gasteiger partial charge on any atom is -0.493 e. The molecule has 0 aliphatic rings. The molecule has 2 aromatic rings. The van der Waals surface area contributed by atoms with E-state index in [0.717, 1.165) is 12.1 Å². The minimum atomic E-state index is -0.337. The second kappa shape index (κ2) is 11.6. The van der Waals surface area contributed by atoms with Crippen LogP contribution in [0.4, 0.5) is 5.69 Å². The van der Waals surface area contributed by atoms with Crippen LogP contribution >= 0.6 is 0 Å². The molecule has 0 unspecified atom stereocenters. The Balaban J connectivity index is 2.05. The van der Waals surface area contributed by atoms with Gasteiger partial charge in [-0.15, -0.1) is 0 Å². The van der Waals surface area contributed by atoms with Gasteiger partial charge < -0.3 is 25.0 Å². The fraction of sp³-hybridized carbons (Fsp3) is 0.304. The summed E-state index contributed by atoms with van der Waals surface area (Å²) in [5, 5.41) is 5.62. The van der Waals surface area contributed by atoms with Crippen molar-refractivity contribution in [3.05, 3.63) is 59.7 Å². The molecule has 7 heteroatoms. The molecule has 0 saturated heterocycles. The van der Waals surface area contributed by atoms with Crippen molar-refractivity contribution in [1.82, 2.24) is 10.2 Å². The summed E-state index contributed by atoms with van der Waals surface area (Å²) in [5.41, 5.74) is 1.67. The lowest BCUT2D eigenvalue weighted by Gasteiger charge is -2.12. The summed E-state index contributed by atoms with van der Waals surface area (Å²) in [7, 11) is 5.44. The van der Waals surface area contributed by atoms with Crippen molar-refractivity contribution >= 4 is 23.6 Å². The number of ether oxygens (including phenoxy) is 2. The van der Waals surface area contributed by atoms with E-state index < -0.39 is 0 Å². The molecule has 2 N–H and O–H groups in total. The molecule has 2 amide bonds. The van der Waals surface area contributed by atoms with Crippen LogP contribution in [0.3, 0.4) is 0 Å². The Morgan fingerprint density at radius 3 is 2.57 bits per heavy atom. The normalized spacial score (nSPS) is 10.8. The largest absolute Gasteiger partial charge is 0.493 e. The lowest BCUT2D eigenvalue weighted by molar-refractivity contribution is -0.111. The number of nitrogens with one attached hydrogen (secondary N) is 2. The predicted octanol–water partition coefficient (Wildman–Crippen LogP) is 3.04. The molecule has 2 aromatic carbocycles. The maximum Gasteiger partial charge on any atom is 0.253 e. The molecule has 2 rings (SSSR count). The number of nitrogens with zero attached hydrogens (tertiary/aromatic N) is 1. The molecule has 0 spiro atoms. The zero-order valence-corrected chi connectivity index (χ0v) is 17.9. The third-order valence-electron chi connectivity index (χ3n) is 4.19. The number of likely N-dealkylation sites (N-methyl/N-ethyl adjacent to an activating group) is 1. The molecule has 0 bridgehead atoms. The van der Waals surface area contributed by atoms with Gasteiger partial charge in [0.2, 0.25) is 5.91 Å². The molecule has 0 saturated carbocycles. The van der Waals surface area contributed by atoms with E-state index in [1.807, 2.05) is 32.0 Å². The van der Waals surface area contributed by atoms with Gasteiger partial charge in [0, 0.05) is 19.2 Å². The maximum absolute atomic E-state index is 12.4. The van der Waals surface area contributed by atoms with Crippen LogP contribution in [0.5, 0.6) is 11.5 Å². The number of amides is 2. The van der Waals surface area contributed by atoms with Gasteiger partial charge in [0.1, 0.15) is 0 Å². The number of rotatable bonds is 10. The zero-order chi connectivity index (χ0) is 21.9. The molecule has 30 heavy (non-hydrogen) atoms. The van der Waals surface area contributed by atoms with E-state index >= 15 is 0 Å². The van der Waals surface area contributed by atoms with E-state index in [1.165, 1.54) is 6.08 Å². The number of benzene rings is 2. The maximum atomic E-state index is 12.4. The molecule has 160 valence electrons.